The second kappa shape index (κ2) is 6.62. The molecule has 4 nitrogen and oxygen atoms in total. The highest BCUT2D eigenvalue weighted by Crippen LogP contribution is 2.23. The van der Waals surface area contributed by atoms with Gasteiger partial charge in [-0.15, -0.1) is 0 Å². The van der Waals surface area contributed by atoms with Crippen molar-refractivity contribution in [3.63, 3.8) is 0 Å². The smallest absolute Gasteiger partial charge is 0.350 e. The minimum atomic E-state index is -0.594. The van der Waals surface area contributed by atoms with Crippen LogP contribution in [0.5, 0.6) is 0 Å². The van der Waals surface area contributed by atoms with Crippen LogP contribution in [0.2, 0.25) is 0 Å². The number of methoxy groups -OCH3 is 1. The molecular formula is C14H14F2N2O2S. The van der Waals surface area contributed by atoms with Gasteiger partial charge in [0, 0.05) is 12.6 Å². The lowest BCUT2D eigenvalue weighted by Gasteiger charge is -2.03. The number of ether oxygens (including phenoxy) is 1. The number of benzene rings is 1. The van der Waals surface area contributed by atoms with Crippen LogP contribution in [0.4, 0.5) is 13.9 Å². The third-order valence-corrected chi connectivity index (χ3v) is 3.87. The number of nitrogens with zero attached hydrogens (tertiary/aromatic N) is 1. The molecule has 0 amide bonds. The Labute approximate surface area is 124 Å². The number of carbonyl (C=O) groups excluding carboxylic acids is 1. The van der Waals surface area contributed by atoms with Crippen molar-refractivity contribution >= 4 is 22.4 Å². The first-order chi connectivity index (χ1) is 9.99. The standard InChI is InChI=1S/C14H14F2N2O2S/c1-8-12(13(19)20-2)21-14(18-8)17-4-3-9-5-10(15)7-11(16)6-9/h5-7H,3-4H2,1-2H3,(H,17,18). The number of esters is 1. The molecule has 0 aliphatic rings. The highest BCUT2D eigenvalue weighted by Gasteiger charge is 2.15. The van der Waals surface area contributed by atoms with Crippen LogP contribution in [0.15, 0.2) is 18.2 Å². The van der Waals surface area contributed by atoms with E-state index in [0.717, 1.165) is 6.07 Å². The number of halogens is 2. The lowest BCUT2D eigenvalue weighted by Crippen LogP contribution is -2.05. The molecule has 112 valence electrons. The van der Waals surface area contributed by atoms with E-state index in [1.807, 2.05) is 0 Å². The van der Waals surface area contributed by atoms with Crippen LogP contribution in [0.3, 0.4) is 0 Å². The van der Waals surface area contributed by atoms with Gasteiger partial charge in [0.1, 0.15) is 16.5 Å². The molecule has 0 bridgehead atoms. The molecule has 1 aromatic carbocycles. The van der Waals surface area contributed by atoms with Gasteiger partial charge >= 0.3 is 5.97 Å². The topological polar surface area (TPSA) is 51.2 Å². The predicted molar refractivity (Wildman–Crippen MR) is 76.7 cm³/mol. The van der Waals surface area contributed by atoms with Gasteiger partial charge in [-0.3, -0.25) is 0 Å². The Hall–Kier alpha value is -2.02. The molecule has 7 heteroatoms. The van der Waals surface area contributed by atoms with E-state index in [2.05, 4.69) is 15.0 Å². The quantitative estimate of drug-likeness (QED) is 0.862. The third-order valence-electron chi connectivity index (χ3n) is 2.78. The Kier molecular flexibility index (Phi) is 4.85. The van der Waals surface area contributed by atoms with Crippen LogP contribution in [-0.2, 0) is 11.2 Å². The number of hydrogen-bond acceptors (Lipinski definition) is 5. The van der Waals surface area contributed by atoms with Crippen LogP contribution in [0.1, 0.15) is 20.9 Å². The van der Waals surface area contributed by atoms with Crippen molar-refractivity contribution in [1.29, 1.82) is 0 Å². The first-order valence-corrected chi connectivity index (χ1v) is 7.06. The fraction of sp³-hybridized carbons (Fsp3) is 0.286. The van der Waals surface area contributed by atoms with Crippen LogP contribution in [0.25, 0.3) is 0 Å². The summed E-state index contributed by atoms with van der Waals surface area (Å²) in [6.07, 6.45) is 0.445. The molecular weight excluding hydrogens is 298 g/mol. The molecule has 2 aromatic rings. The van der Waals surface area contributed by atoms with Crippen molar-refractivity contribution < 1.29 is 18.3 Å². The zero-order valence-corrected chi connectivity index (χ0v) is 12.4. The molecule has 1 N–H and O–H groups in total. The maximum Gasteiger partial charge on any atom is 0.350 e. The number of nitrogens with one attached hydrogen (secondary N) is 1. The van der Waals surface area contributed by atoms with Crippen LogP contribution >= 0.6 is 11.3 Å². The van der Waals surface area contributed by atoms with Gasteiger partial charge in [0.15, 0.2) is 5.13 Å². The molecule has 0 fully saturated rings. The van der Waals surface area contributed by atoms with Gasteiger partial charge in [0.05, 0.1) is 12.8 Å². The van der Waals surface area contributed by atoms with E-state index in [9.17, 15) is 13.6 Å². The van der Waals surface area contributed by atoms with Gasteiger partial charge in [0.2, 0.25) is 0 Å². The lowest BCUT2D eigenvalue weighted by atomic mass is 10.1. The van der Waals surface area contributed by atoms with E-state index in [0.29, 0.717) is 34.2 Å². The summed E-state index contributed by atoms with van der Waals surface area (Å²) < 4.78 is 30.7. The van der Waals surface area contributed by atoms with E-state index < -0.39 is 17.6 Å². The summed E-state index contributed by atoms with van der Waals surface area (Å²) >= 11 is 1.19. The fourth-order valence-electron chi connectivity index (χ4n) is 1.82. The maximum atomic E-state index is 13.0. The van der Waals surface area contributed by atoms with E-state index in [4.69, 9.17) is 0 Å². The molecule has 2 rings (SSSR count). The third kappa shape index (κ3) is 3.98. The van der Waals surface area contributed by atoms with Gasteiger partial charge in [-0.25, -0.2) is 18.6 Å². The number of carbonyl (C=O) groups is 1. The minimum absolute atomic E-state index is 0.426. The van der Waals surface area contributed by atoms with E-state index in [1.54, 1.807) is 6.92 Å². The van der Waals surface area contributed by atoms with Crippen LogP contribution in [-0.4, -0.2) is 24.6 Å². The Morgan fingerprint density at radius 3 is 2.62 bits per heavy atom. The van der Waals surface area contributed by atoms with Crippen LogP contribution < -0.4 is 5.32 Å². The first-order valence-electron chi connectivity index (χ1n) is 6.24. The zero-order valence-electron chi connectivity index (χ0n) is 11.6. The normalized spacial score (nSPS) is 10.5. The summed E-state index contributed by atoms with van der Waals surface area (Å²) in [5, 5.41) is 3.60. The minimum Gasteiger partial charge on any atom is -0.465 e. The summed E-state index contributed by atoms with van der Waals surface area (Å²) in [4.78, 5) is 16.1. The Balaban J connectivity index is 1.96. The molecule has 0 spiro atoms. The van der Waals surface area contributed by atoms with E-state index in [-0.39, 0.29) is 0 Å². The second-order valence-corrected chi connectivity index (χ2v) is 5.38. The van der Waals surface area contributed by atoms with Crippen molar-refractivity contribution in [3.8, 4) is 0 Å². The van der Waals surface area contributed by atoms with Gasteiger partial charge in [0.25, 0.3) is 0 Å². The number of aryl methyl sites for hydroxylation is 1. The zero-order chi connectivity index (χ0) is 15.4. The Bertz CT molecular complexity index is 638. The molecule has 0 aliphatic heterocycles. The number of rotatable bonds is 5. The van der Waals surface area contributed by atoms with Gasteiger partial charge in [-0.1, -0.05) is 11.3 Å². The molecule has 1 heterocycles. The SMILES string of the molecule is COC(=O)c1sc(NCCc2cc(F)cc(F)c2)nc1C. The highest BCUT2D eigenvalue weighted by atomic mass is 32.1. The van der Waals surface area contributed by atoms with Crippen molar-refractivity contribution in [1.82, 2.24) is 4.98 Å². The van der Waals surface area contributed by atoms with Crippen molar-refractivity contribution in [2.45, 2.75) is 13.3 Å². The fourth-order valence-corrected chi connectivity index (χ4v) is 2.73. The summed E-state index contributed by atoms with van der Waals surface area (Å²) in [6.45, 7) is 2.17. The molecule has 0 aliphatic carbocycles. The molecule has 0 saturated carbocycles. The summed E-state index contributed by atoms with van der Waals surface area (Å²) in [6, 6.07) is 3.42. The van der Waals surface area contributed by atoms with Gasteiger partial charge < -0.3 is 10.1 Å². The van der Waals surface area contributed by atoms with E-state index in [1.165, 1.54) is 30.6 Å². The molecule has 0 atom stereocenters. The van der Waals surface area contributed by atoms with Crippen LogP contribution in [0, 0.1) is 18.6 Å². The molecule has 1 aromatic heterocycles. The monoisotopic (exact) mass is 312 g/mol. The summed E-state index contributed by atoms with van der Waals surface area (Å²) in [5.74, 6) is -1.61. The van der Waals surface area contributed by atoms with Crippen molar-refractivity contribution in [3.05, 3.63) is 46.0 Å². The Morgan fingerprint density at radius 2 is 2.00 bits per heavy atom. The number of aromatic nitrogens is 1. The van der Waals surface area contributed by atoms with Gasteiger partial charge in [-0.05, 0) is 31.0 Å². The predicted octanol–water partition coefficient (Wildman–Crippen LogP) is 3.17. The average molecular weight is 312 g/mol. The van der Waals surface area contributed by atoms with Gasteiger partial charge in [-0.2, -0.15) is 0 Å². The maximum absolute atomic E-state index is 13.0. The van der Waals surface area contributed by atoms with Crippen molar-refractivity contribution in [2.24, 2.45) is 0 Å². The molecule has 0 saturated heterocycles. The second-order valence-electron chi connectivity index (χ2n) is 4.38. The lowest BCUT2D eigenvalue weighted by molar-refractivity contribution is 0.0605. The number of anilines is 1. The summed E-state index contributed by atoms with van der Waals surface area (Å²) in [5.41, 5.74) is 1.15. The molecule has 21 heavy (non-hydrogen) atoms. The molecule has 0 radical (unpaired) electrons. The average Bonchev–Trinajstić information content (AvgIpc) is 2.78. The Morgan fingerprint density at radius 1 is 1.33 bits per heavy atom. The van der Waals surface area contributed by atoms with E-state index >= 15 is 0 Å². The molecule has 0 unspecified atom stereocenters. The summed E-state index contributed by atoms with van der Waals surface area (Å²) in [7, 11) is 1.31. The number of hydrogen-bond donors (Lipinski definition) is 1. The number of thiazole rings is 1. The first kappa shape index (κ1) is 15.4. The largest absolute Gasteiger partial charge is 0.465 e. The van der Waals surface area contributed by atoms with Crippen molar-refractivity contribution in [2.75, 3.05) is 19.0 Å². The highest BCUT2D eigenvalue weighted by molar-refractivity contribution is 7.17.